The van der Waals surface area contributed by atoms with E-state index < -0.39 is 11.9 Å². The first-order chi connectivity index (χ1) is 11.9. The van der Waals surface area contributed by atoms with Crippen LogP contribution in [0.1, 0.15) is 58.8 Å². The number of esters is 1. The Morgan fingerprint density at radius 2 is 1.64 bits per heavy atom. The smallest absolute Gasteiger partial charge is 0.370 e. The van der Waals surface area contributed by atoms with Crippen LogP contribution >= 0.6 is 0 Å². The van der Waals surface area contributed by atoms with Gasteiger partial charge in [-0.25, -0.2) is 4.79 Å². The number of carbonyl (C=O) groups excluding carboxylic acids is 1. The van der Waals surface area contributed by atoms with Gasteiger partial charge in [0, 0.05) is 12.0 Å². The predicted octanol–water partition coefficient (Wildman–Crippen LogP) is 5.36. The normalized spacial score (nSPS) is 10.6. The molecule has 0 N–H and O–H groups in total. The van der Waals surface area contributed by atoms with Gasteiger partial charge in [-0.05, 0) is 13.3 Å². The number of allylic oxidation sites excluding steroid dienone is 1. The Balaban J connectivity index is 4.59. The van der Waals surface area contributed by atoms with Crippen LogP contribution in [-0.2, 0) is 23.7 Å². The minimum Gasteiger partial charge on any atom is -0.439 e. The van der Waals surface area contributed by atoms with Crippen LogP contribution in [0.15, 0.2) is 50.2 Å². The molecule has 0 unspecified atom stereocenters. The number of hydrogen-bond donors (Lipinski definition) is 0. The summed E-state index contributed by atoms with van der Waals surface area (Å²) in [4.78, 5) is 11.5. The van der Waals surface area contributed by atoms with E-state index in [9.17, 15) is 4.79 Å². The van der Waals surface area contributed by atoms with Crippen molar-refractivity contribution in [3.63, 3.8) is 0 Å². The lowest BCUT2D eigenvalue weighted by atomic mass is 10.2. The van der Waals surface area contributed by atoms with Gasteiger partial charge in [-0.2, -0.15) is 0 Å². The molecule has 0 saturated heterocycles. The molecule has 0 heterocycles. The van der Waals surface area contributed by atoms with Gasteiger partial charge in [-0.15, -0.1) is 0 Å². The summed E-state index contributed by atoms with van der Waals surface area (Å²) in [6.07, 6.45) is 8.63. The van der Waals surface area contributed by atoms with Gasteiger partial charge in [0.25, 0.3) is 0 Å². The van der Waals surface area contributed by atoms with Crippen molar-refractivity contribution in [2.24, 2.45) is 0 Å². The highest BCUT2D eigenvalue weighted by atomic mass is 16.9. The number of hydrogen-bond acceptors (Lipinski definition) is 5. The lowest BCUT2D eigenvalue weighted by molar-refractivity contribution is -0.343. The van der Waals surface area contributed by atoms with E-state index >= 15 is 0 Å². The van der Waals surface area contributed by atoms with Crippen LogP contribution in [-0.4, -0.2) is 18.5 Å². The third-order valence-corrected chi connectivity index (χ3v) is 3.39. The fourth-order valence-corrected chi connectivity index (χ4v) is 2.03. The highest BCUT2D eigenvalue weighted by Gasteiger charge is 2.34. The van der Waals surface area contributed by atoms with Gasteiger partial charge in [0.05, 0.1) is 25.6 Å². The van der Waals surface area contributed by atoms with Crippen LogP contribution in [0.5, 0.6) is 0 Å². The summed E-state index contributed by atoms with van der Waals surface area (Å²) in [5.41, 5.74) is 0.306. The maximum atomic E-state index is 11.5. The van der Waals surface area contributed by atoms with E-state index in [0.29, 0.717) is 18.6 Å². The second kappa shape index (κ2) is 13.3. The highest BCUT2D eigenvalue weighted by Crippen LogP contribution is 2.26. The average molecular weight is 352 g/mol. The molecule has 0 radical (unpaired) electrons. The Bertz CT molecular complexity index is 443. The van der Waals surface area contributed by atoms with E-state index in [1.165, 1.54) is 31.8 Å². The van der Waals surface area contributed by atoms with Crippen LogP contribution in [0, 0.1) is 0 Å². The van der Waals surface area contributed by atoms with Gasteiger partial charge in [0.15, 0.2) is 0 Å². The van der Waals surface area contributed by atoms with Crippen LogP contribution in [0.2, 0.25) is 0 Å². The molecule has 0 aliphatic heterocycles. The van der Waals surface area contributed by atoms with Crippen LogP contribution in [0.3, 0.4) is 0 Å². The molecule has 0 spiro atoms. The van der Waals surface area contributed by atoms with Gasteiger partial charge in [-0.3, -0.25) is 0 Å². The number of rotatable bonds is 16. The molecular weight excluding hydrogens is 320 g/mol. The van der Waals surface area contributed by atoms with Gasteiger partial charge in [-0.1, -0.05) is 58.9 Å². The molecule has 0 aromatic heterocycles. The van der Waals surface area contributed by atoms with Crippen molar-refractivity contribution >= 4 is 5.97 Å². The molecular formula is C20H32O5. The summed E-state index contributed by atoms with van der Waals surface area (Å²) < 4.78 is 21.8. The number of carbonyl (C=O) groups is 1. The zero-order valence-electron chi connectivity index (χ0n) is 15.7. The molecule has 0 rings (SSSR count). The first kappa shape index (κ1) is 23.0. The molecule has 0 aromatic carbocycles. The minimum absolute atomic E-state index is 0.266. The second-order valence-electron chi connectivity index (χ2n) is 5.72. The first-order valence-electron chi connectivity index (χ1n) is 8.67. The third kappa shape index (κ3) is 10.5. The van der Waals surface area contributed by atoms with E-state index in [-0.39, 0.29) is 12.2 Å². The van der Waals surface area contributed by atoms with Gasteiger partial charge >= 0.3 is 11.9 Å². The predicted molar refractivity (Wildman–Crippen MR) is 99.3 cm³/mol. The zero-order valence-corrected chi connectivity index (χ0v) is 15.7. The molecule has 0 bridgehead atoms. The summed E-state index contributed by atoms with van der Waals surface area (Å²) >= 11 is 0. The molecule has 0 aromatic rings. The standard InChI is InChI=1S/C20H32O5/c1-7-10-11-12-13-16-24-20(22-8-2,23-9-3)15-14-18(6)25-19(21)17(4)5/h8-9H,2-4,6-7,10-16H2,1,5H3. The summed E-state index contributed by atoms with van der Waals surface area (Å²) in [7, 11) is 0. The summed E-state index contributed by atoms with van der Waals surface area (Å²) in [6, 6.07) is 0. The maximum absolute atomic E-state index is 11.5. The maximum Gasteiger partial charge on any atom is 0.370 e. The fraction of sp³-hybridized carbons (Fsp3) is 0.550. The molecule has 5 nitrogen and oxygen atoms in total. The van der Waals surface area contributed by atoms with Gasteiger partial charge in [0.1, 0.15) is 5.76 Å². The topological polar surface area (TPSA) is 54.0 Å². The summed E-state index contributed by atoms with van der Waals surface area (Å²) in [5.74, 6) is -1.58. The van der Waals surface area contributed by atoms with Gasteiger partial charge < -0.3 is 18.9 Å². The quantitative estimate of drug-likeness (QED) is 0.123. The molecule has 0 atom stereocenters. The van der Waals surface area contributed by atoms with Crippen LogP contribution < -0.4 is 0 Å². The molecule has 0 saturated carbocycles. The molecule has 0 amide bonds. The van der Waals surface area contributed by atoms with Crippen molar-refractivity contribution in [3.05, 3.63) is 50.2 Å². The van der Waals surface area contributed by atoms with Crippen LogP contribution in [0.4, 0.5) is 0 Å². The first-order valence-corrected chi connectivity index (χ1v) is 8.67. The number of unbranched alkanes of at least 4 members (excludes halogenated alkanes) is 4. The average Bonchev–Trinajstić information content (AvgIpc) is 2.56. The van der Waals surface area contributed by atoms with E-state index in [1.807, 2.05) is 0 Å². The van der Waals surface area contributed by atoms with E-state index in [2.05, 4.69) is 33.2 Å². The molecule has 142 valence electrons. The molecule has 0 aliphatic rings. The zero-order chi connectivity index (χ0) is 19.1. The molecule has 0 fully saturated rings. The lowest BCUT2D eigenvalue weighted by Gasteiger charge is -2.31. The van der Waals surface area contributed by atoms with Crippen molar-refractivity contribution in [2.45, 2.75) is 64.8 Å². The van der Waals surface area contributed by atoms with Crippen molar-refractivity contribution in [2.75, 3.05) is 6.61 Å². The summed E-state index contributed by atoms with van der Waals surface area (Å²) in [6.45, 7) is 18.6. The van der Waals surface area contributed by atoms with E-state index in [0.717, 1.165) is 12.8 Å². The fourth-order valence-electron chi connectivity index (χ4n) is 2.03. The Morgan fingerprint density at radius 1 is 1.04 bits per heavy atom. The Kier molecular flexibility index (Phi) is 12.2. The van der Waals surface area contributed by atoms with Crippen molar-refractivity contribution in [1.29, 1.82) is 0 Å². The van der Waals surface area contributed by atoms with E-state index in [4.69, 9.17) is 18.9 Å². The largest absolute Gasteiger partial charge is 0.439 e. The Morgan fingerprint density at radius 3 is 2.16 bits per heavy atom. The Labute approximate surface area is 152 Å². The number of ether oxygens (including phenoxy) is 4. The molecule has 5 heteroatoms. The third-order valence-electron chi connectivity index (χ3n) is 3.39. The van der Waals surface area contributed by atoms with Crippen molar-refractivity contribution in [3.8, 4) is 0 Å². The minimum atomic E-state index is -1.35. The highest BCUT2D eigenvalue weighted by molar-refractivity contribution is 5.87. The second-order valence-corrected chi connectivity index (χ2v) is 5.72. The van der Waals surface area contributed by atoms with Crippen LogP contribution in [0.25, 0.3) is 0 Å². The van der Waals surface area contributed by atoms with E-state index in [1.54, 1.807) is 6.92 Å². The molecule has 0 aliphatic carbocycles. The SMILES string of the molecule is C=COC(CCC(=C)OC(=O)C(=C)C)(OC=C)OCCCCCCC. The summed E-state index contributed by atoms with van der Waals surface area (Å²) in [5, 5.41) is 0. The monoisotopic (exact) mass is 352 g/mol. The van der Waals surface area contributed by atoms with Crippen molar-refractivity contribution in [1.82, 2.24) is 0 Å². The Hall–Kier alpha value is -2.01. The lowest BCUT2D eigenvalue weighted by Crippen LogP contribution is -2.37. The van der Waals surface area contributed by atoms with Gasteiger partial charge in [0.2, 0.25) is 0 Å². The van der Waals surface area contributed by atoms with Crippen molar-refractivity contribution < 1.29 is 23.7 Å². The molecule has 25 heavy (non-hydrogen) atoms.